The molecule has 0 atom stereocenters. The van der Waals surface area contributed by atoms with Crippen LogP contribution in [0.4, 0.5) is 22.0 Å². The van der Waals surface area contributed by atoms with Gasteiger partial charge in [-0.3, -0.25) is 0 Å². The number of hydrogen-bond donors (Lipinski definition) is 1. The number of halogens is 5. The molecule has 0 aliphatic rings. The van der Waals surface area contributed by atoms with E-state index in [1.165, 1.54) is 12.1 Å². The summed E-state index contributed by atoms with van der Waals surface area (Å²) in [6.07, 6.45) is -4.54. The van der Waals surface area contributed by atoms with Crippen molar-refractivity contribution in [1.82, 2.24) is 14.8 Å². The van der Waals surface area contributed by atoms with Crippen molar-refractivity contribution in [2.24, 2.45) is 0 Å². The minimum absolute atomic E-state index is 0.137. The Labute approximate surface area is 234 Å². The van der Waals surface area contributed by atoms with Gasteiger partial charge in [0.25, 0.3) is 0 Å². The van der Waals surface area contributed by atoms with Crippen LogP contribution >= 0.6 is 0 Å². The van der Waals surface area contributed by atoms with Crippen LogP contribution in [0, 0.1) is 23.0 Å². The van der Waals surface area contributed by atoms with Gasteiger partial charge in [-0.05, 0) is 47.0 Å². The Bertz CT molecular complexity index is 1830. The maximum Gasteiger partial charge on any atom is 0.434 e. The van der Waals surface area contributed by atoms with E-state index in [9.17, 15) is 31.9 Å². The predicted molar refractivity (Wildman–Crippen MR) is 140 cm³/mol. The van der Waals surface area contributed by atoms with Crippen molar-refractivity contribution in [1.29, 1.82) is 5.26 Å². The lowest BCUT2D eigenvalue weighted by Gasteiger charge is -2.15. The van der Waals surface area contributed by atoms with Gasteiger partial charge in [0.1, 0.15) is 18.0 Å². The van der Waals surface area contributed by atoms with Crippen molar-refractivity contribution >= 4 is 5.97 Å². The van der Waals surface area contributed by atoms with Gasteiger partial charge in [-0.15, -0.1) is 0 Å². The fourth-order valence-electron chi connectivity index (χ4n) is 4.23. The monoisotopic (exact) mass is 576 g/mol. The summed E-state index contributed by atoms with van der Waals surface area (Å²) in [7, 11) is 0. The Hall–Kier alpha value is -5.57. The molecular weight excluding hydrogens is 559 g/mol. The summed E-state index contributed by atoms with van der Waals surface area (Å²) in [6, 6.07) is 21.4. The van der Waals surface area contributed by atoms with Crippen LogP contribution in [0.25, 0.3) is 28.2 Å². The Morgan fingerprint density at radius 2 is 1.64 bits per heavy atom. The average molecular weight is 576 g/mol. The fraction of sp³-hybridized carbons (Fsp3) is 0.0667. The Balaban J connectivity index is 1.45. The Kier molecular flexibility index (Phi) is 7.41. The van der Waals surface area contributed by atoms with Gasteiger partial charge < -0.3 is 9.84 Å². The maximum absolute atomic E-state index is 14.9. The van der Waals surface area contributed by atoms with E-state index in [-0.39, 0.29) is 23.6 Å². The van der Waals surface area contributed by atoms with Gasteiger partial charge >= 0.3 is 12.1 Å². The fourth-order valence-corrected chi connectivity index (χ4v) is 4.23. The number of pyridine rings is 1. The van der Waals surface area contributed by atoms with Crippen LogP contribution in [-0.2, 0) is 12.8 Å². The van der Waals surface area contributed by atoms with Crippen molar-refractivity contribution in [3.63, 3.8) is 0 Å². The van der Waals surface area contributed by atoms with E-state index in [1.54, 1.807) is 48.5 Å². The molecule has 0 fully saturated rings. The normalized spacial score (nSPS) is 11.2. The van der Waals surface area contributed by atoms with Crippen LogP contribution in [0.5, 0.6) is 5.75 Å². The number of ether oxygens (including phenoxy) is 1. The number of rotatable bonds is 7. The number of benzene rings is 3. The van der Waals surface area contributed by atoms with Gasteiger partial charge in [-0.25, -0.2) is 23.2 Å². The topological polar surface area (TPSA) is 101 Å². The van der Waals surface area contributed by atoms with E-state index in [0.717, 1.165) is 23.3 Å². The van der Waals surface area contributed by atoms with Crippen molar-refractivity contribution < 1.29 is 36.6 Å². The second kappa shape index (κ2) is 11.1. The molecule has 0 saturated carbocycles. The highest BCUT2D eigenvalue weighted by Gasteiger charge is 2.41. The molecule has 0 radical (unpaired) electrons. The SMILES string of the molecule is N#Cc1ccc(-c2ccc(COc3c(F)cc(F)cc3-c3cccc(-n4ncc(C(=O)O)c4C(F)(F)F)n3)cc2)cc1. The first-order valence-electron chi connectivity index (χ1n) is 12.1. The number of carbonyl (C=O) groups is 1. The summed E-state index contributed by atoms with van der Waals surface area (Å²) < 4.78 is 76.4. The van der Waals surface area contributed by atoms with Gasteiger partial charge in [-0.2, -0.15) is 23.5 Å². The van der Waals surface area contributed by atoms with Gasteiger partial charge in [0.05, 0.1) is 23.5 Å². The lowest BCUT2D eigenvalue weighted by Crippen LogP contribution is -2.18. The molecule has 5 aromatic rings. The molecule has 5 rings (SSSR count). The summed E-state index contributed by atoms with van der Waals surface area (Å²) in [5, 5.41) is 21.7. The van der Waals surface area contributed by atoms with E-state index < -0.39 is 40.9 Å². The molecule has 1 N–H and O–H groups in total. The number of alkyl halides is 3. The molecule has 0 amide bonds. The maximum atomic E-state index is 14.9. The second-order valence-corrected chi connectivity index (χ2v) is 8.94. The van der Waals surface area contributed by atoms with Gasteiger partial charge in [0, 0.05) is 11.6 Å². The van der Waals surface area contributed by atoms with Gasteiger partial charge in [-0.1, -0.05) is 42.5 Å². The number of aromatic carboxylic acids is 1. The standard InChI is InChI=1S/C30H17F5N4O3/c31-21-12-22(25-2-1-3-26(38-25)39-28(30(33,34)35)23(15-37-39)29(40)41)27(24(32)13-21)42-16-18-6-10-20(11-7-18)19-8-4-17(14-36)5-9-19/h1-13,15H,16H2,(H,40,41). The van der Waals surface area contributed by atoms with Crippen LogP contribution in [0.2, 0.25) is 0 Å². The molecule has 2 heterocycles. The predicted octanol–water partition coefficient (Wildman–Crippen LogP) is 7.05. The molecule has 0 unspecified atom stereocenters. The lowest BCUT2D eigenvalue weighted by atomic mass is 10.0. The highest BCUT2D eigenvalue weighted by molar-refractivity contribution is 5.89. The van der Waals surface area contributed by atoms with Gasteiger partial charge in [0.2, 0.25) is 0 Å². The van der Waals surface area contributed by atoms with Crippen molar-refractivity contribution in [3.8, 4) is 40.0 Å². The number of nitrogens with zero attached hydrogens (tertiary/aromatic N) is 4. The molecule has 2 aromatic heterocycles. The minimum atomic E-state index is -5.09. The minimum Gasteiger partial charge on any atom is -0.485 e. The third-order valence-corrected chi connectivity index (χ3v) is 6.19. The van der Waals surface area contributed by atoms with E-state index in [1.807, 2.05) is 0 Å². The molecule has 7 nitrogen and oxygen atoms in total. The van der Waals surface area contributed by atoms with Crippen molar-refractivity contribution in [2.75, 3.05) is 0 Å². The first kappa shape index (κ1) is 28.0. The highest BCUT2D eigenvalue weighted by Crippen LogP contribution is 2.36. The molecule has 0 spiro atoms. The van der Waals surface area contributed by atoms with Crippen LogP contribution in [-0.4, -0.2) is 25.8 Å². The van der Waals surface area contributed by atoms with E-state index in [2.05, 4.69) is 16.2 Å². The first-order chi connectivity index (χ1) is 20.0. The van der Waals surface area contributed by atoms with Crippen molar-refractivity contribution in [2.45, 2.75) is 12.8 Å². The summed E-state index contributed by atoms with van der Waals surface area (Å²) in [5.41, 5.74) is -0.0684. The average Bonchev–Trinajstić information content (AvgIpc) is 3.44. The first-order valence-corrected chi connectivity index (χ1v) is 12.1. The third kappa shape index (κ3) is 5.66. The largest absolute Gasteiger partial charge is 0.485 e. The Morgan fingerprint density at radius 1 is 0.976 bits per heavy atom. The highest BCUT2D eigenvalue weighted by atomic mass is 19.4. The van der Waals surface area contributed by atoms with E-state index >= 15 is 0 Å². The van der Waals surface area contributed by atoms with Gasteiger partial charge in [0.15, 0.2) is 23.1 Å². The summed E-state index contributed by atoms with van der Waals surface area (Å²) in [5.74, 6) is -4.69. The van der Waals surface area contributed by atoms with Crippen molar-refractivity contribution in [3.05, 3.63) is 119 Å². The smallest absolute Gasteiger partial charge is 0.434 e. The second-order valence-electron chi connectivity index (χ2n) is 8.94. The van der Waals surface area contributed by atoms with Crippen LogP contribution < -0.4 is 4.74 Å². The summed E-state index contributed by atoms with van der Waals surface area (Å²) in [6.45, 7) is -0.137. The summed E-state index contributed by atoms with van der Waals surface area (Å²) in [4.78, 5) is 15.4. The Morgan fingerprint density at radius 3 is 2.26 bits per heavy atom. The molecule has 3 aromatic carbocycles. The molecule has 0 saturated heterocycles. The van der Waals surface area contributed by atoms with Crippen LogP contribution in [0.15, 0.2) is 85.1 Å². The molecular formula is C30H17F5N4O3. The zero-order chi connectivity index (χ0) is 30.0. The quantitative estimate of drug-likeness (QED) is 0.209. The molecule has 0 aliphatic heterocycles. The number of carboxylic acids is 1. The van der Waals surface area contributed by atoms with E-state index in [0.29, 0.717) is 28.1 Å². The zero-order valence-electron chi connectivity index (χ0n) is 21.2. The molecule has 0 aliphatic carbocycles. The molecule has 12 heteroatoms. The number of hydrogen-bond acceptors (Lipinski definition) is 5. The zero-order valence-corrected chi connectivity index (χ0v) is 21.2. The number of aromatic nitrogens is 3. The molecule has 42 heavy (non-hydrogen) atoms. The van der Waals surface area contributed by atoms with Crippen LogP contribution in [0.3, 0.4) is 0 Å². The van der Waals surface area contributed by atoms with Crippen LogP contribution in [0.1, 0.15) is 27.2 Å². The summed E-state index contributed by atoms with van der Waals surface area (Å²) >= 11 is 0. The number of nitriles is 1. The molecule has 0 bridgehead atoms. The number of carboxylic acid groups (broad SMARTS) is 1. The molecule has 210 valence electrons. The third-order valence-electron chi connectivity index (χ3n) is 6.19. The lowest BCUT2D eigenvalue weighted by molar-refractivity contribution is -0.143. The van der Waals surface area contributed by atoms with E-state index in [4.69, 9.17) is 10.00 Å².